The molecule has 7 nitrogen and oxygen atoms in total. The molecule has 7 atom stereocenters. The number of carbonyl (C=O) groups is 3. The van der Waals surface area contributed by atoms with Gasteiger partial charge in [-0.25, -0.2) is 0 Å². The van der Waals surface area contributed by atoms with Gasteiger partial charge in [0, 0.05) is 28.9 Å². The second-order valence-corrected chi connectivity index (χ2v) is 15.7. The summed E-state index contributed by atoms with van der Waals surface area (Å²) in [4.78, 5) is 49.4. The van der Waals surface area contributed by atoms with Gasteiger partial charge in [-0.3, -0.25) is 14.4 Å². The number of anilines is 2. The fourth-order valence-electron chi connectivity index (χ4n) is 7.62. The van der Waals surface area contributed by atoms with Crippen molar-refractivity contribution in [2.24, 2.45) is 17.8 Å². The Labute approximate surface area is 283 Å². The van der Waals surface area contributed by atoms with Crippen molar-refractivity contribution in [3.8, 4) is 0 Å². The maximum absolute atomic E-state index is 15.1. The molecule has 1 spiro atoms. The molecule has 3 saturated heterocycles. The van der Waals surface area contributed by atoms with Crippen LogP contribution in [-0.4, -0.2) is 74.3 Å². The molecule has 3 unspecified atom stereocenters. The minimum absolute atomic E-state index is 0.0929. The second kappa shape index (κ2) is 13.6. The van der Waals surface area contributed by atoms with E-state index in [2.05, 4.69) is 29.1 Å². The van der Waals surface area contributed by atoms with Gasteiger partial charge in [-0.2, -0.15) is 0 Å². The summed E-state index contributed by atoms with van der Waals surface area (Å²) in [7, 11) is 0. The lowest BCUT2D eigenvalue weighted by atomic mass is 9.70. The maximum atomic E-state index is 15.1. The Bertz CT molecular complexity index is 1450. The van der Waals surface area contributed by atoms with Crippen LogP contribution in [0, 0.1) is 24.7 Å². The van der Waals surface area contributed by atoms with Gasteiger partial charge in [-0.05, 0) is 49.4 Å². The first-order valence-electron chi connectivity index (χ1n) is 15.4. The molecule has 3 amide bonds. The van der Waals surface area contributed by atoms with Crippen LogP contribution in [0.4, 0.5) is 11.4 Å². The number of aryl methyl sites for hydroxylation is 1. The Morgan fingerprint density at radius 2 is 1.78 bits per heavy atom. The maximum Gasteiger partial charge on any atom is 0.251 e. The van der Waals surface area contributed by atoms with Crippen LogP contribution in [0.5, 0.6) is 0 Å². The Morgan fingerprint density at radius 1 is 1.11 bits per heavy atom. The van der Waals surface area contributed by atoms with Gasteiger partial charge < -0.3 is 19.8 Å². The van der Waals surface area contributed by atoms with E-state index in [1.165, 1.54) is 0 Å². The van der Waals surface area contributed by atoms with Crippen molar-refractivity contribution in [2.75, 3.05) is 29.5 Å². The molecule has 1 N–H and O–H groups in total. The van der Waals surface area contributed by atoms with E-state index in [0.717, 1.165) is 11.3 Å². The predicted octanol–water partition coefficient (Wildman–Crippen LogP) is 6.26. The number of thioether (sulfide) groups is 1. The van der Waals surface area contributed by atoms with Crippen LogP contribution >= 0.6 is 39.3 Å². The van der Waals surface area contributed by atoms with Crippen molar-refractivity contribution in [3.63, 3.8) is 0 Å². The second-order valence-electron chi connectivity index (χ2n) is 12.6. The minimum Gasteiger partial charge on any atom is -0.394 e. The number of carbonyl (C=O) groups excluding carboxylic acids is 3. The summed E-state index contributed by atoms with van der Waals surface area (Å²) in [6, 6.07) is 13.4. The zero-order chi connectivity index (χ0) is 32.6. The predicted molar refractivity (Wildman–Crippen MR) is 187 cm³/mol. The van der Waals surface area contributed by atoms with Crippen molar-refractivity contribution < 1.29 is 19.5 Å². The summed E-state index contributed by atoms with van der Waals surface area (Å²) in [5.41, 5.74) is 2.12. The fraction of sp³-hybridized carbons (Fsp3) is 0.457. The number of halogens is 2. The number of rotatable bonds is 12. The van der Waals surface area contributed by atoms with Gasteiger partial charge in [0.2, 0.25) is 11.8 Å². The molecule has 10 heteroatoms. The van der Waals surface area contributed by atoms with Crippen LogP contribution in [0.25, 0.3) is 0 Å². The lowest BCUT2D eigenvalue weighted by Gasteiger charge is -2.40. The fourth-order valence-corrected chi connectivity index (χ4v) is 11.5. The van der Waals surface area contributed by atoms with E-state index < -0.39 is 28.7 Å². The lowest BCUT2D eigenvalue weighted by molar-refractivity contribution is -0.142. The first-order chi connectivity index (χ1) is 21.5. The summed E-state index contributed by atoms with van der Waals surface area (Å²) in [6.45, 7) is 13.9. The molecule has 3 fully saturated rings. The smallest absolute Gasteiger partial charge is 0.251 e. The van der Waals surface area contributed by atoms with Crippen molar-refractivity contribution in [3.05, 3.63) is 84.4 Å². The van der Waals surface area contributed by atoms with E-state index in [4.69, 9.17) is 11.6 Å². The first-order valence-corrected chi connectivity index (χ1v) is 17.6. The zero-order valence-electron chi connectivity index (χ0n) is 25.9. The topological polar surface area (TPSA) is 81.2 Å². The Morgan fingerprint density at radius 3 is 2.38 bits per heavy atom. The number of aliphatic hydroxyl groups excluding tert-OH is 1. The van der Waals surface area contributed by atoms with Crippen LogP contribution in [0.3, 0.4) is 0 Å². The van der Waals surface area contributed by atoms with Gasteiger partial charge in [-0.15, -0.1) is 24.9 Å². The van der Waals surface area contributed by atoms with Crippen LogP contribution in [0.2, 0.25) is 5.02 Å². The molecule has 240 valence electrons. The monoisotopic (exact) mass is 713 g/mol. The average Bonchev–Trinajstić information content (AvgIpc) is 3.61. The quantitative estimate of drug-likeness (QED) is 0.208. The number of fused-ring (bicyclic) bond motifs is 1. The summed E-state index contributed by atoms with van der Waals surface area (Å²) >= 11 is 12.2. The molecule has 0 radical (unpaired) electrons. The highest BCUT2D eigenvalue weighted by atomic mass is 79.9. The van der Waals surface area contributed by atoms with Gasteiger partial charge in [0.15, 0.2) is 0 Å². The Kier molecular flexibility index (Phi) is 10.2. The number of para-hydroxylation sites is 2. The largest absolute Gasteiger partial charge is 0.394 e. The molecular formula is C35H41BrClN3O4S. The highest BCUT2D eigenvalue weighted by molar-refractivity contribution is 9.09. The molecule has 2 bridgehead atoms. The number of alkyl halides is 1. The number of aliphatic hydroxyl groups is 1. The molecule has 0 aromatic heterocycles. The van der Waals surface area contributed by atoms with E-state index in [9.17, 15) is 14.7 Å². The highest BCUT2D eigenvalue weighted by Gasteiger charge is 2.76. The van der Waals surface area contributed by atoms with Crippen LogP contribution in [0.15, 0.2) is 73.8 Å². The minimum atomic E-state index is -0.918. The first kappa shape index (κ1) is 33.8. The van der Waals surface area contributed by atoms with Gasteiger partial charge in [0.25, 0.3) is 5.91 Å². The van der Waals surface area contributed by atoms with Crippen LogP contribution < -0.4 is 9.80 Å². The number of nitrogens with zero attached hydrogens (tertiary/aromatic N) is 3. The normalized spacial score (nSPS) is 27.4. The van der Waals surface area contributed by atoms with E-state index in [1.807, 2.05) is 63.2 Å². The molecule has 0 aliphatic carbocycles. The summed E-state index contributed by atoms with van der Waals surface area (Å²) in [5.74, 6) is -1.94. The van der Waals surface area contributed by atoms with Gasteiger partial charge in [-0.1, -0.05) is 83.9 Å². The summed E-state index contributed by atoms with van der Waals surface area (Å²) in [5, 5.41) is 10.9. The molecule has 5 rings (SSSR count). The number of hydrogen-bond donors (Lipinski definition) is 1. The van der Waals surface area contributed by atoms with Crippen LogP contribution in [-0.2, 0) is 14.4 Å². The van der Waals surface area contributed by atoms with E-state index in [1.54, 1.807) is 44.7 Å². The van der Waals surface area contributed by atoms with Crippen molar-refractivity contribution >= 4 is 68.4 Å². The third-order valence-electron chi connectivity index (χ3n) is 9.28. The summed E-state index contributed by atoms with van der Waals surface area (Å²) < 4.78 is -0.886. The third-order valence-corrected chi connectivity index (χ3v) is 12.8. The average molecular weight is 715 g/mol. The SMILES string of the molecule is C=CCN(C(=O)[C@H]1[C@@H]2SC3(CC2Br)C(C(=O)N(CC=C)c2c(C)cccc2Cl)N([C@@H](CO)CC(C)C)C(=O)[C@H]13)c1ccccc1. The number of amides is 3. The van der Waals surface area contributed by atoms with Crippen molar-refractivity contribution in [1.29, 1.82) is 0 Å². The zero-order valence-corrected chi connectivity index (χ0v) is 29.1. The highest BCUT2D eigenvalue weighted by Crippen LogP contribution is 2.68. The molecule has 2 aromatic rings. The van der Waals surface area contributed by atoms with Crippen LogP contribution in [0.1, 0.15) is 32.3 Å². The summed E-state index contributed by atoms with van der Waals surface area (Å²) in [6.07, 6.45) is 4.38. The molecule has 3 aliphatic rings. The number of benzene rings is 2. The van der Waals surface area contributed by atoms with Gasteiger partial charge >= 0.3 is 0 Å². The molecule has 3 aliphatic heterocycles. The van der Waals surface area contributed by atoms with E-state index in [-0.39, 0.29) is 53.4 Å². The standard InChI is InChI=1S/C35H41BrClN3O4S/c1-6-16-38(23-13-9-8-10-14-23)32(42)27-28-33(43)40(24(20-41)18-21(3)4)31(35(28)19-25(36)30(27)45-35)34(44)39(17-7-2)29-22(5)12-11-15-26(29)37/h6-15,21,24-25,27-28,30-31,41H,1-2,16-20H2,3-5H3/t24-,25?,27-,28+,30-,31?,35?/m1/s1. The van der Waals surface area contributed by atoms with Crippen molar-refractivity contribution in [2.45, 2.75) is 60.5 Å². The van der Waals surface area contributed by atoms with Crippen molar-refractivity contribution in [1.82, 2.24) is 4.90 Å². The third kappa shape index (κ3) is 5.79. The molecule has 3 heterocycles. The van der Waals surface area contributed by atoms with E-state index in [0.29, 0.717) is 23.6 Å². The van der Waals surface area contributed by atoms with E-state index >= 15 is 4.79 Å². The van der Waals surface area contributed by atoms with Gasteiger partial charge in [0.1, 0.15) is 6.04 Å². The molecule has 2 aromatic carbocycles. The number of likely N-dealkylation sites (tertiary alicyclic amines) is 1. The Balaban J connectivity index is 1.66. The molecular weight excluding hydrogens is 674 g/mol. The van der Waals surface area contributed by atoms with Gasteiger partial charge in [0.05, 0.1) is 39.9 Å². The molecule has 0 saturated carbocycles. The lowest BCUT2D eigenvalue weighted by Crippen LogP contribution is -2.58. The Hall–Kier alpha value is -2.59. The molecule has 45 heavy (non-hydrogen) atoms. The number of hydrogen-bond acceptors (Lipinski definition) is 5.